The van der Waals surface area contributed by atoms with E-state index in [-0.39, 0.29) is 0 Å². The number of nitrogens with zero attached hydrogens (tertiary/aromatic N) is 4. The van der Waals surface area contributed by atoms with Crippen LogP contribution in [-0.4, -0.2) is 23.1 Å². The van der Waals surface area contributed by atoms with E-state index in [1.54, 1.807) is 0 Å². The van der Waals surface area contributed by atoms with Gasteiger partial charge in [0.1, 0.15) is 0 Å². The Kier molecular flexibility index (Phi) is 6.15. The highest BCUT2D eigenvalue weighted by molar-refractivity contribution is 5.69. The lowest BCUT2D eigenvalue weighted by Gasteiger charge is -2.22. The molecule has 4 aromatic rings. The second kappa shape index (κ2) is 10.0. The lowest BCUT2D eigenvalue weighted by atomic mass is 10.0. The van der Waals surface area contributed by atoms with Crippen LogP contribution in [0.15, 0.2) is 134 Å². The molecule has 2 aliphatic rings. The fraction of sp³-hybridized carbons (Fsp3) is 0.125. The summed E-state index contributed by atoms with van der Waals surface area (Å²) >= 11 is 0. The van der Waals surface area contributed by atoms with Crippen molar-refractivity contribution >= 4 is 11.4 Å². The molecular weight excluding hydrogens is 440 g/mol. The van der Waals surface area contributed by atoms with Gasteiger partial charge in [-0.1, -0.05) is 84.9 Å². The fourth-order valence-electron chi connectivity index (χ4n) is 4.80. The average molecular weight is 471 g/mol. The van der Waals surface area contributed by atoms with Gasteiger partial charge in [-0.05, 0) is 46.5 Å². The van der Waals surface area contributed by atoms with Crippen LogP contribution in [0.4, 0.5) is 11.4 Å². The molecule has 0 N–H and O–H groups in total. The Bertz CT molecular complexity index is 1220. The summed E-state index contributed by atoms with van der Waals surface area (Å²) in [4.78, 5) is 9.24. The lowest BCUT2D eigenvalue weighted by Crippen LogP contribution is -2.24. The molecule has 0 unspecified atom stereocenters. The van der Waals surface area contributed by atoms with Crippen molar-refractivity contribution in [2.75, 3.05) is 23.1 Å². The molecule has 0 aliphatic carbocycles. The van der Waals surface area contributed by atoms with Crippen LogP contribution in [0.1, 0.15) is 11.1 Å². The average Bonchev–Trinajstić information content (AvgIpc) is 3.60. The molecule has 4 heteroatoms. The van der Waals surface area contributed by atoms with Crippen LogP contribution < -0.4 is 9.80 Å². The molecule has 0 fully saturated rings. The summed E-state index contributed by atoms with van der Waals surface area (Å²) < 4.78 is 0. The van der Waals surface area contributed by atoms with Crippen molar-refractivity contribution in [3.8, 4) is 11.1 Å². The highest BCUT2D eigenvalue weighted by Crippen LogP contribution is 2.28. The summed E-state index contributed by atoms with van der Waals surface area (Å²) in [6.45, 7) is 3.59. The first-order valence-electron chi connectivity index (χ1n) is 12.5. The largest absolute Gasteiger partial charge is 0.354 e. The van der Waals surface area contributed by atoms with Gasteiger partial charge in [0.25, 0.3) is 0 Å². The Morgan fingerprint density at radius 3 is 1.19 bits per heavy atom. The fourth-order valence-corrected chi connectivity index (χ4v) is 4.80. The molecule has 36 heavy (non-hydrogen) atoms. The van der Waals surface area contributed by atoms with Crippen LogP contribution in [0.3, 0.4) is 0 Å². The van der Waals surface area contributed by atoms with Crippen molar-refractivity contribution in [1.29, 1.82) is 0 Å². The van der Waals surface area contributed by atoms with Crippen molar-refractivity contribution in [2.45, 2.75) is 13.1 Å². The molecule has 178 valence electrons. The van der Waals surface area contributed by atoms with Crippen molar-refractivity contribution in [3.63, 3.8) is 0 Å². The van der Waals surface area contributed by atoms with Crippen molar-refractivity contribution in [3.05, 3.63) is 145 Å². The topological polar surface area (TPSA) is 13.0 Å². The first kappa shape index (κ1) is 22.1. The second-order valence-electron chi connectivity index (χ2n) is 9.38. The smallest absolute Gasteiger partial charge is 0.0945 e. The maximum absolute atomic E-state index is 2.33. The maximum Gasteiger partial charge on any atom is 0.0945 e. The highest BCUT2D eigenvalue weighted by Gasteiger charge is 2.16. The molecule has 2 aliphatic heterocycles. The Morgan fingerprint density at radius 1 is 0.417 bits per heavy atom. The molecule has 6 rings (SSSR count). The summed E-state index contributed by atoms with van der Waals surface area (Å²) in [6.07, 6.45) is 8.68. The number of anilines is 2. The Hall–Kier alpha value is -4.44. The highest BCUT2D eigenvalue weighted by atomic mass is 15.3. The van der Waals surface area contributed by atoms with Gasteiger partial charge in [-0.3, -0.25) is 0 Å². The third-order valence-corrected chi connectivity index (χ3v) is 6.77. The molecule has 0 bridgehead atoms. The number of rotatable bonds is 7. The monoisotopic (exact) mass is 470 g/mol. The number of hydrogen-bond acceptors (Lipinski definition) is 4. The van der Waals surface area contributed by atoms with Gasteiger partial charge < -0.3 is 19.6 Å². The summed E-state index contributed by atoms with van der Waals surface area (Å²) in [6, 6.07) is 39.0. The number of hydrogen-bond donors (Lipinski definition) is 0. The quantitative estimate of drug-likeness (QED) is 0.293. The standard InChI is InChI=1S/C32H30N4/c1-3-7-27(8-4-1)23-33-19-21-35(25-33)31-15-11-29(12-16-31)30-13-17-32(18-14-30)36-22-20-34(26-36)24-28-9-5-2-6-10-28/h1-22H,23-26H2. The van der Waals surface area contributed by atoms with E-state index >= 15 is 0 Å². The van der Waals surface area contributed by atoms with E-state index in [1.807, 2.05) is 0 Å². The van der Waals surface area contributed by atoms with Crippen LogP contribution in [0.2, 0.25) is 0 Å². The molecule has 2 heterocycles. The zero-order chi connectivity index (χ0) is 24.2. The zero-order valence-corrected chi connectivity index (χ0v) is 20.3. The molecule has 4 nitrogen and oxygen atoms in total. The SMILES string of the molecule is C1=CN(c2ccc(-c3ccc(N4C=CN(Cc5ccccc5)C4)cc3)cc2)CN1Cc1ccccc1. The summed E-state index contributed by atoms with van der Waals surface area (Å²) in [5, 5.41) is 0. The van der Waals surface area contributed by atoms with Crippen LogP contribution in [0.5, 0.6) is 0 Å². The Balaban J connectivity index is 1.05. The Labute approximate surface area is 213 Å². The minimum absolute atomic E-state index is 0.869. The lowest BCUT2D eigenvalue weighted by molar-refractivity contribution is 0.400. The van der Waals surface area contributed by atoms with E-state index in [4.69, 9.17) is 0 Å². The van der Waals surface area contributed by atoms with Crippen LogP contribution in [-0.2, 0) is 13.1 Å². The van der Waals surface area contributed by atoms with Gasteiger partial charge in [0.05, 0.1) is 13.3 Å². The zero-order valence-electron chi connectivity index (χ0n) is 20.3. The molecule has 0 saturated heterocycles. The summed E-state index contributed by atoms with van der Waals surface area (Å²) in [7, 11) is 0. The van der Waals surface area contributed by atoms with E-state index in [9.17, 15) is 0 Å². The van der Waals surface area contributed by atoms with E-state index in [1.165, 1.54) is 33.6 Å². The van der Waals surface area contributed by atoms with Crippen molar-refractivity contribution < 1.29 is 0 Å². The Morgan fingerprint density at radius 2 is 0.806 bits per heavy atom. The van der Waals surface area contributed by atoms with Gasteiger partial charge in [0.2, 0.25) is 0 Å². The molecule has 0 atom stereocenters. The first-order valence-corrected chi connectivity index (χ1v) is 12.5. The van der Waals surface area contributed by atoms with Gasteiger partial charge in [-0.15, -0.1) is 0 Å². The molecule has 4 aromatic carbocycles. The first-order chi connectivity index (χ1) is 17.8. The predicted octanol–water partition coefficient (Wildman–Crippen LogP) is 6.86. The normalized spacial score (nSPS) is 14.8. The molecule has 0 amide bonds. The van der Waals surface area contributed by atoms with Crippen molar-refractivity contribution in [1.82, 2.24) is 9.80 Å². The van der Waals surface area contributed by atoms with Gasteiger partial charge in [0.15, 0.2) is 0 Å². The molecule has 0 saturated carbocycles. The van der Waals surface area contributed by atoms with Gasteiger partial charge >= 0.3 is 0 Å². The third-order valence-electron chi connectivity index (χ3n) is 6.77. The van der Waals surface area contributed by atoms with Crippen molar-refractivity contribution in [2.24, 2.45) is 0 Å². The van der Waals surface area contributed by atoms with Crippen LogP contribution in [0.25, 0.3) is 11.1 Å². The number of benzene rings is 4. The van der Waals surface area contributed by atoms with Gasteiger partial charge in [-0.25, -0.2) is 0 Å². The summed E-state index contributed by atoms with van der Waals surface area (Å²) in [5.41, 5.74) is 7.55. The molecule has 0 aromatic heterocycles. The van der Waals surface area contributed by atoms with E-state index < -0.39 is 0 Å². The van der Waals surface area contributed by atoms with Crippen LogP contribution >= 0.6 is 0 Å². The summed E-state index contributed by atoms with van der Waals surface area (Å²) in [5.74, 6) is 0. The van der Waals surface area contributed by atoms with E-state index in [0.717, 1.165) is 26.4 Å². The maximum atomic E-state index is 2.33. The van der Waals surface area contributed by atoms with E-state index in [2.05, 4.69) is 154 Å². The molecule has 0 radical (unpaired) electrons. The molecular formula is C32H30N4. The molecule has 0 spiro atoms. The predicted molar refractivity (Wildman–Crippen MR) is 149 cm³/mol. The third kappa shape index (κ3) is 4.98. The second-order valence-corrected chi connectivity index (χ2v) is 9.38. The minimum atomic E-state index is 0.869. The van der Waals surface area contributed by atoms with Gasteiger partial charge in [0, 0.05) is 49.3 Å². The van der Waals surface area contributed by atoms with Gasteiger partial charge in [-0.2, -0.15) is 0 Å². The minimum Gasteiger partial charge on any atom is -0.354 e. The van der Waals surface area contributed by atoms with E-state index in [0.29, 0.717) is 0 Å². The van der Waals surface area contributed by atoms with Crippen LogP contribution in [0, 0.1) is 0 Å².